The number of nitrogens with two attached hydrogens (primary N) is 2. The zero-order chi connectivity index (χ0) is 11.7. The molecule has 0 saturated heterocycles. The van der Waals surface area contributed by atoms with E-state index in [-0.39, 0.29) is 9.81 Å². The third-order valence-corrected chi connectivity index (χ3v) is 6.89. The molecule has 2 rings (SSSR count). The maximum atomic E-state index is 11.1. The van der Waals surface area contributed by atoms with Gasteiger partial charge in [0.25, 0.3) is 11.8 Å². The zero-order valence-electron chi connectivity index (χ0n) is 7.76. The van der Waals surface area contributed by atoms with Crippen LogP contribution in [0.4, 0.5) is 0 Å². The van der Waals surface area contributed by atoms with Crippen LogP contribution < -0.4 is 11.5 Å². The molecule has 4 N–H and O–H groups in total. The van der Waals surface area contributed by atoms with Crippen molar-refractivity contribution in [1.29, 1.82) is 0 Å². The normalized spacial score (nSPS) is 19.8. The molecule has 0 aromatic heterocycles. The first-order valence-electron chi connectivity index (χ1n) is 4.02. The van der Waals surface area contributed by atoms with Crippen LogP contribution in [0.15, 0.2) is 29.1 Å². The van der Waals surface area contributed by atoms with Crippen molar-refractivity contribution in [3.63, 3.8) is 0 Å². The van der Waals surface area contributed by atoms with Crippen molar-refractivity contribution in [2.75, 3.05) is 0 Å². The van der Waals surface area contributed by atoms with Crippen LogP contribution in [0, 0.1) is 0 Å². The van der Waals surface area contributed by atoms with E-state index in [0.29, 0.717) is 0 Å². The number of carbonyl (C=O) groups is 2. The van der Waals surface area contributed by atoms with Gasteiger partial charge in [-0.05, 0) is 10.8 Å². The highest BCUT2D eigenvalue weighted by Crippen LogP contribution is 2.55. The number of thioether (sulfide) groups is 4. The number of primary amides is 2. The van der Waals surface area contributed by atoms with E-state index in [2.05, 4.69) is 0 Å². The highest BCUT2D eigenvalue weighted by atomic mass is 32.2. The van der Waals surface area contributed by atoms with Crippen molar-refractivity contribution >= 4 is 58.9 Å². The first kappa shape index (κ1) is 12.0. The molecule has 0 radical (unpaired) electrons. The molecule has 2 amide bonds. The third kappa shape index (κ3) is 2.29. The molecule has 8 heteroatoms. The summed E-state index contributed by atoms with van der Waals surface area (Å²) in [5, 5.41) is 3.89. The van der Waals surface area contributed by atoms with Gasteiger partial charge >= 0.3 is 0 Å². The van der Waals surface area contributed by atoms with Crippen molar-refractivity contribution < 1.29 is 9.59 Å². The van der Waals surface area contributed by atoms with E-state index in [1.54, 1.807) is 23.5 Å². The number of hydrogen-bond acceptors (Lipinski definition) is 6. The van der Waals surface area contributed by atoms with Gasteiger partial charge < -0.3 is 11.5 Å². The minimum atomic E-state index is -0.608. The van der Waals surface area contributed by atoms with Crippen LogP contribution in [0.2, 0.25) is 0 Å². The smallest absolute Gasteiger partial charge is 0.256 e. The Morgan fingerprint density at radius 3 is 1.69 bits per heavy atom. The average Bonchev–Trinajstić information content (AvgIpc) is 2.86. The lowest BCUT2D eigenvalue weighted by atomic mass is 10.4. The predicted molar refractivity (Wildman–Crippen MR) is 71.9 cm³/mol. The van der Waals surface area contributed by atoms with E-state index in [1.165, 1.54) is 23.5 Å². The molecule has 0 aromatic rings. The summed E-state index contributed by atoms with van der Waals surface area (Å²) < 4.78 is 1.94. The van der Waals surface area contributed by atoms with Gasteiger partial charge in [-0.15, -0.1) is 0 Å². The van der Waals surface area contributed by atoms with Crippen molar-refractivity contribution in [3.8, 4) is 0 Å². The van der Waals surface area contributed by atoms with Gasteiger partial charge in [0.15, 0.2) is 0 Å². The Hall–Kier alpha value is -0.440. The first-order chi connectivity index (χ1) is 7.59. The topological polar surface area (TPSA) is 86.2 Å². The minimum absolute atomic E-state index is 0.244. The van der Waals surface area contributed by atoms with E-state index in [4.69, 9.17) is 11.5 Å². The first-order valence-corrected chi connectivity index (χ1v) is 7.41. The predicted octanol–water partition coefficient (Wildman–Crippen LogP) is 1.73. The standard InChI is InChI=1S/C8H6N2O2S4/c9-5(11)3-4(6(10)12)16-8(15-3)7-13-1-2-14-7/h1-2H,(H2,9,11)(H2,10,12). The summed E-state index contributed by atoms with van der Waals surface area (Å²) in [6.07, 6.45) is 0. The second-order valence-corrected chi connectivity index (χ2v) is 7.06. The summed E-state index contributed by atoms with van der Waals surface area (Å²) in [5.74, 6) is -1.22. The van der Waals surface area contributed by atoms with Crippen LogP contribution in [0.1, 0.15) is 0 Å². The van der Waals surface area contributed by atoms with Crippen LogP contribution in [0.5, 0.6) is 0 Å². The number of hydrogen-bond donors (Lipinski definition) is 2. The number of rotatable bonds is 2. The fraction of sp³-hybridized carbons (Fsp3) is 0. The second-order valence-electron chi connectivity index (χ2n) is 2.67. The van der Waals surface area contributed by atoms with Gasteiger partial charge in [-0.3, -0.25) is 9.59 Å². The lowest BCUT2D eigenvalue weighted by Crippen LogP contribution is -2.18. The fourth-order valence-corrected chi connectivity index (χ4v) is 5.57. The Labute approximate surface area is 109 Å². The third-order valence-electron chi connectivity index (χ3n) is 1.62. The molecule has 2 heterocycles. The Kier molecular flexibility index (Phi) is 3.63. The number of amides is 2. The maximum Gasteiger partial charge on any atom is 0.256 e. The molecule has 0 aromatic carbocycles. The maximum absolute atomic E-state index is 11.1. The fourth-order valence-electron chi connectivity index (χ4n) is 1.01. The van der Waals surface area contributed by atoms with Crippen molar-refractivity contribution in [2.24, 2.45) is 11.5 Å². The molecular weight excluding hydrogens is 284 g/mol. The van der Waals surface area contributed by atoms with Gasteiger partial charge in [0, 0.05) is 0 Å². The Bertz CT molecular complexity index is 429. The molecule has 0 saturated carbocycles. The lowest BCUT2D eigenvalue weighted by Gasteiger charge is -1.99. The van der Waals surface area contributed by atoms with E-state index in [1.807, 2.05) is 10.8 Å². The summed E-state index contributed by atoms with van der Waals surface area (Å²) in [6.45, 7) is 0. The van der Waals surface area contributed by atoms with Crippen LogP contribution in [-0.4, -0.2) is 11.8 Å². The van der Waals surface area contributed by atoms with Crippen molar-refractivity contribution in [2.45, 2.75) is 0 Å². The molecule has 4 nitrogen and oxygen atoms in total. The Balaban J connectivity index is 2.29. The molecule has 0 aliphatic carbocycles. The molecule has 0 unspecified atom stereocenters. The van der Waals surface area contributed by atoms with E-state index < -0.39 is 11.8 Å². The summed E-state index contributed by atoms with van der Waals surface area (Å²) in [5.41, 5.74) is 10.4. The minimum Gasteiger partial charge on any atom is -0.365 e. The molecule has 0 fully saturated rings. The van der Waals surface area contributed by atoms with Gasteiger partial charge in [-0.25, -0.2) is 0 Å². The summed E-state index contributed by atoms with van der Waals surface area (Å²) in [7, 11) is 0. The van der Waals surface area contributed by atoms with E-state index in [0.717, 1.165) is 8.47 Å². The van der Waals surface area contributed by atoms with Crippen LogP contribution in [0.3, 0.4) is 0 Å². The van der Waals surface area contributed by atoms with Crippen molar-refractivity contribution in [3.05, 3.63) is 29.1 Å². The molecule has 2 aliphatic heterocycles. The lowest BCUT2D eigenvalue weighted by molar-refractivity contribution is -0.116. The SMILES string of the molecule is NC(=O)C1=C(C(N)=O)SC(=C2SC=CS2)S1. The number of carbonyl (C=O) groups excluding carboxylic acids is 2. The average molecular weight is 290 g/mol. The summed E-state index contributed by atoms with van der Waals surface area (Å²) in [6, 6.07) is 0. The quantitative estimate of drug-likeness (QED) is 0.805. The Morgan fingerprint density at radius 1 is 0.875 bits per heavy atom. The molecular formula is C8H6N2O2S4. The molecule has 84 valence electrons. The monoisotopic (exact) mass is 290 g/mol. The van der Waals surface area contributed by atoms with Gasteiger partial charge in [0.05, 0.1) is 18.3 Å². The van der Waals surface area contributed by atoms with Crippen LogP contribution in [0.25, 0.3) is 0 Å². The van der Waals surface area contributed by atoms with Gasteiger partial charge in [0.2, 0.25) is 0 Å². The van der Waals surface area contributed by atoms with E-state index >= 15 is 0 Å². The van der Waals surface area contributed by atoms with E-state index in [9.17, 15) is 9.59 Å². The van der Waals surface area contributed by atoms with Crippen LogP contribution in [-0.2, 0) is 9.59 Å². The van der Waals surface area contributed by atoms with Crippen LogP contribution >= 0.6 is 47.0 Å². The van der Waals surface area contributed by atoms with Gasteiger partial charge in [0.1, 0.15) is 0 Å². The zero-order valence-corrected chi connectivity index (χ0v) is 11.0. The molecule has 2 aliphatic rings. The second kappa shape index (κ2) is 4.82. The Morgan fingerprint density at radius 2 is 1.31 bits per heavy atom. The van der Waals surface area contributed by atoms with Gasteiger partial charge in [-0.1, -0.05) is 47.0 Å². The highest BCUT2D eigenvalue weighted by Gasteiger charge is 2.30. The highest BCUT2D eigenvalue weighted by molar-refractivity contribution is 8.34. The van der Waals surface area contributed by atoms with Gasteiger partial charge in [-0.2, -0.15) is 0 Å². The molecule has 0 spiro atoms. The molecule has 0 bridgehead atoms. The molecule has 0 atom stereocenters. The van der Waals surface area contributed by atoms with Crippen molar-refractivity contribution in [1.82, 2.24) is 0 Å². The summed E-state index contributed by atoms with van der Waals surface area (Å²) >= 11 is 5.55. The summed E-state index contributed by atoms with van der Waals surface area (Å²) in [4.78, 5) is 22.8. The molecule has 16 heavy (non-hydrogen) atoms. The largest absolute Gasteiger partial charge is 0.365 e.